The Hall–Kier alpha value is -1.87. The predicted molar refractivity (Wildman–Crippen MR) is 86.3 cm³/mol. The summed E-state index contributed by atoms with van der Waals surface area (Å²) in [6, 6.07) is 12.3. The van der Waals surface area contributed by atoms with Gasteiger partial charge >= 0.3 is 0 Å². The Kier molecular flexibility index (Phi) is 5.76. The molecule has 2 rings (SSSR count). The number of hydrogen-bond donors (Lipinski definition) is 1. The molecule has 1 N–H and O–H groups in total. The molecule has 3 heteroatoms. The second-order valence-corrected chi connectivity index (χ2v) is 5.79. The van der Waals surface area contributed by atoms with Crippen molar-refractivity contribution >= 4 is 0 Å². The van der Waals surface area contributed by atoms with Gasteiger partial charge in [-0.25, -0.2) is 0 Å². The number of pyridine rings is 1. The van der Waals surface area contributed by atoms with Gasteiger partial charge in [0.05, 0.1) is 11.9 Å². The topological polar surface area (TPSA) is 34.1 Å². The molecule has 0 amide bonds. The summed E-state index contributed by atoms with van der Waals surface area (Å²) in [6.45, 7) is 8.87. The minimum absolute atomic E-state index is 0.578. The zero-order valence-electron chi connectivity index (χ0n) is 13.1. The molecule has 0 spiro atoms. The Bertz CT molecular complexity index is 549. The van der Waals surface area contributed by atoms with Crippen molar-refractivity contribution in [1.29, 1.82) is 0 Å². The second-order valence-electron chi connectivity index (χ2n) is 5.79. The number of hydrogen-bond acceptors (Lipinski definition) is 3. The highest BCUT2D eigenvalue weighted by atomic mass is 16.5. The highest BCUT2D eigenvalue weighted by Crippen LogP contribution is 2.12. The molecule has 3 nitrogen and oxygen atoms in total. The van der Waals surface area contributed by atoms with Crippen molar-refractivity contribution < 1.29 is 4.74 Å². The van der Waals surface area contributed by atoms with E-state index in [0.29, 0.717) is 12.5 Å². The molecular weight excluding hydrogens is 260 g/mol. The SMILES string of the molecule is Cc1cccc(COc2ccc(CNCC(C)C)nc2)c1. The predicted octanol–water partition coefficient (Wildman–Crippen LogP) is 3.71. The highest BCUT2D eigenvalue weighted by molar-refractivity contribution is 5.24. The first-order valence-electron chi connectivity index (χ1n) is 7.47. The quantitative estimate of drug-likeness (QED) is 0.841. The minimum atomic E-state index is 0.578. The molecule has 0 saturated heterocycles. The Morgan fingerprint density at radius 3 is 2.71 bits per heavy atom. The van der Waals surface area contributed by atoms with Crippen LogP contribution in [-0.4, -0.2) is 11.5 Å². The second kappa shape index (κ2) is 7.79. The van der Waals surface area contributed by atoms with Gasteiger partial charge in [-0.3, -0.25) is 4.98 Å². The van der Waals surface area contributed by atoms with Gasteiger partial charge in [-0.15, -0.1) is 0 Å². The van der Waals surface area contributed by atoms with Crippen LogP contribution in [0.25, 0.3) is 0 Å². The molecule has 0 fully saturated rings. The number of rotatable bonds is 7. The van der Waals surface area contributed by atoms with Crippen molar-refractivity contribution in [1.82, 2.24) is 10.3 Å². The number of aryl methyl sites for hydroxylation is 1. The summed E-state index contributed by atoms with van der Waals surface area (Å²) in [7, 11) is 0. The van der Waals surface area contributed by atoms with Gasteiger partial charge in [-0.05, 0) is 37.1 Å². The zero-order valence-corrected chi connectivity index (χ0v) is 13.1. The Morgan fingerprint density at radius 2 is 2.05 bits per heavy atom. The first-order chi connectivity index (χ1) is 10.1. The molecule has 0 aliphatic heterocycles. The average molecular weight is 284 g/mol. The van der Waals surface area contributed by atoms with Crippen LogP contribution in [0.5, 0.6) is 5.75 Å². The van der Waals surface area contributed by atoms with E-state index in [1.807, 2.05) is 12.1 Å². The lowest BCUT2D eigenvalue weighted by atomic mass is 10.1. The largest absolute Gasteiger partial charge is 0.487 e. The molecule has 0 bridgehead atoms. The number of nitrogens with zero attached hydrogens (tertiary/aromatic N) is 1. The molecule has 0 aliphatic carbocycles. The lowest BCUT2D eigenvalue weighted by molar-refractivity contribution is 0.304. The number of nitrogens with one attached hydrogen (secondary N) is 1. The zero-order chi connectivity index (χ0) is 15.1. The van der Waals surface area contributed by atoms with Crippen molar-refractivity contribution in [2.24, 2.45) is 5.92 Å². The molecule has 21 heavy (non-hydrogen) atoms. The minimum Gasteiger partial charge on any atom is -0.487 e. The van der Waals surface area contributed by atoms with Crippen LogP contribution in [0.1, 0.15) is 30.7 Å². The van der Waals surface area contributed by atoms with Crippen LogP contribution in [-0.2, 0) is 13.2 Å². The van der Waals surface area contributed by atoms with Crippen molar-refractivity contribution in [2.75, 3.05) is 6.54 Å². The standard InChI is InChI=1S/C18H24N2O/c1-14(2)10-19-11-17-7-8-18(12-20-17)21-13-16-6-4-5-15(3)9-16/h4-9,12,14,19H,10-11,13H2,1-3H3. The summed E-state index contributed by atoms with van der Waals surface area (Å²) in [5.74, 6) is 1.46. The van der Waals surface area contributed by atoms with Crippen molar-refractivity contribution in [3.05, 3.63) is 59.4 Å². The van der Waals surface area contributed by atoms with E-state index in [-0.39, 0.29) is 0 Å². The smallest absolute Gasteiger partial charge is 0.138 e. The maximum Gasteiger partial charge on any atom is 0.138 e. The van der Waals surface area contributed by atoms with Gasteiger partial charge in [0.1, 0.15) is 12.4 Å². The lowest BCUT2D eigenvalue weighted by Crippen LogP contribution is -2.19. The third kappa shape index (κ3) is 5.56. The molecule has 0 aliphatic rings. The third-order valence-electron chi connectivity index (χ3n) is 3.14. The van der Waals surface area contributed by atoms with E-state index in [4.69, 9.17) is 4.74 Å². The van der Waals surface area contributed by atoms with Crippen LogP contribution in [0.4, 0.5) is 0 Å². The van der Waals surface area contributed by atoms with Crippen molar-refractivity contribution in [3.63, 3.8) is 0 Å². The fourth-order valence-corrected chi connectivity index (χ4v) is 2.06. The summed E-state index contributed by atoms with van der Waals surface area (Å²) < 4.78 is 5.76. The fourth-order valence-electron chi connectivity index (χ4n) is 2.06. The molecule has 1 heterocycles. The maximum absolute atomic E-state index is 5.76. The molecule has 0 atom stereocenters. The fraction of sp³-hybridized carbons (Fsp3) is 0.389. The molecule has 0 saturated carbocycles. The number of aromatic nitrogens is 1. The summed E-state index contributed by atoms with van der Waals surface area (Å²) in [5, 5.41) is 3.38. The molecule has 2 aromatic rings. The van der Waals surface area contributed by atoms with E-state index < -0.39 is 0 Å². The highest BCUT2D eigenvalue weighted by Gasteiger charge is 1.99. The van der Waals surface area contributed by atoms with Crippen LogP contribution in [0.3, 0.4) is 0 Å². The van der Waals surface area contributed by atoms with E-state index in [1.54, 1.807) is 6.20 Å². The van der Waals surface area contributed by atoms with E-state index in [1.165, 1.54) is 11.1 Å². The summed E-state index contributed by atoms with van der Waals surface area (Å²) in [4.78, 5) is 4.42. The van der Waals surface area contributed by atoms with Gasteiger partial charge < -0.3 is 10.1 Å². The van der Waals surface area contributed by atoms with E-state index in [0.717, 1.165) is 24.5 Å². The molecule has 1 aromatic heterocycles. The summed E-state index contributed by atoms with van der Waals surface area (Å²) in [5.41, 5.74) is 3.47. The summed E-state index contributed by atoms with van der Waals surface area (Å²) in [6.07, 6.45) is 1.79. The van der Waals surface area contributed by atoms with E-state index >= 15 is 0 Å². The first-order valence-corrected chi connectivity index (χ1v) is 7.47. The van der Waals surface area contributed by atoms with Crippen LogP contribution < -0.4 is 10.1 Å². The van der Waals surface area contributed by atoms with Crippen LogP contribution >= 0.6 is 0 Å². The molecular formula is C18H24N2O. The van der Waals surface area contributed by atoms with E-state index in [9.17, 15) is 0 Å². The van der Waals surface area contributed by atoms with Crippen LogP contribution in [0.2, 0.25) is 0 Å². The third-order valence-corrected chi connectivity index (χ3v) is 3.14. The number of benzene rings is 1. The Balaban J connectivity index is 1.82. The number of ether oxygens (including phenoxy) is 1. The molecule has 112 valence electrons. The van der Waals surface area contributed by atoms with Gasteiger partial charge in [0.15, 0.2) is 0 Å². The molecule has 0 unspecified atom stereocenters. The van der Waals surface area contributed by atoms with Gasteiger partial charge in [-0.1, -0.05) is 43.7 Å². The Labute approximate surface area is 127 Å². The first kappa shape index (κ1) is 15.5. The van der Waals surface area contributed by atoms with Gasteiger partial charge in [0, 0.05) is 6.54 Å². The monoisotopic (exact) mass is 284 g/mol. The molecule has 1 aromatic carbocycles. The van der Waals surface area contributed by atoms with Gasteiger partial charge in [-0.2, -0.15) is 0 Å². The van der Waals surface area contributed by atoms with Gasteiger partial charge in [0.2, 0.25) is 0 Å². The Morgan fingerprint density at radius 1 is 1.19 bits per heavy atom. The van der Waals surface area contributed by atoms with Gasteiger partial charge in [0.25, 0.3) is 0 Å². The average Bonchev–Trinajstić information content (AvgIpc) is 2.46. The lowest BCUT2D eigenvalue weighted by Gasteiger charge is -2.09. The van der Waals surface area contributed by atoms with Crippen molar-refractivity contribution in [2.45, 2.75) is 33.9 Å². The normalized spacial score (nSPS) is 10.9. The molecule has 0 radical (unpaired) electrons. The van der Waals surface area contributed by atoms with Crippen LogP contribution in [0, 0.1) is 12.8 Å². The summed E-state index contributed by atoms with van der Waals surface area (Å²) >= 11 is 0. The maximum atomic E-state index is 5.76. The van der Waals surface area contributed by atoms with E-state index in [2.05, 4.69) is 55.3 Å². The van der Waals surface area contributed by atoms with Crippen molar-refractivity contribution in [3.8, 4) is 5.75 Å². The van der Waals surface area contributed by atoms with Crippen LogP contribution in [0.15, 0.2) is 42.6 Å².